The van der Waals surface area contributed by atoms with E-state index in [-0.39, 0.29) is 5.56 Å². The van der Waals surface area contributed by atoms with E-state index in [1.165, 1.54) is 0 Å². The summed E-state index contributed by atoms with van der Waals surface area (Å²) in [6, 6.07) is 17.7. The lowest BCUT2D eigenvalue weighted by Gasteiger charge is -2.28. The van der Waals surface area contributed by atoms with Crippen molar-refractivity contribution in [1.82, 2.24) is 0 Å². The third kappa shape index (κ3) is 1.28. The number of fused-ring (bicyclic) bond motifs is 6. The highest BCUT2D eigenvalue weighted by atomic mass is 16.7. The average molecular weight is 304 g/mol. The Kier molecular flexibility index (Phi) is 2.11. The molecule has 2 atom stereocenters. The standard InChI is InChI=1S/C19H12O4/c20-17-13-7-3-4-8-14(13)19(22)18(17,21)15-9-11-5-1-2-6-12(11)10-16(15)23-19/h1-10,21-22H/t18-,19-/m1/s1. The van der Waals surface area contributed by atoms with E-state index >= 15 is 0 Å². The van der Waals surface area contributed by atoms with Crippen LogP contribution >= 0.6 is 0 Å². The van der Waals surface area contributed by atoms with Gasteiger partial charge in [-0.1, -0.05) is 48.5 Å². The molecule has 1 aliphatic heterocycles. The summed E-state index contributed by atoms with van der Waals surface area (Å²) in [5.74, 6) is -2.29. The molecular formula is C19H12O4. The fourth-order valence-corrected chi connectivity index (χ4v) is 3.70. The smallest absolute Gasteiger partial charge is 0.276 e. The van der Waals surface area contributed by atoms with Gasteiger partial charge in [0.15, 0.2) is 0 Å². The highest BCUT2D eigenvalue weighted by molar-refractivity contribution is 6.10. The van der Waals surface area contributed by atoms with Gasteiger partial charge in [0.05, 0.1) is 0 Å². The Balaban J connectivity index is 1.86. The molecule has 3 aromatic rings. The number of hydrogen-bond acceptors (Lipinski definition) is 4. The van der Waals surface area contributed by atoms with Crippen LogP contribution in [0.5, 0.6) is 5.75 Å². The van der Waals surface area contributed by atoms with Crippen LogP contribution in [-0.2, 0) is 11.4 Å². The lowest BCUT2D eigenvalue weighted by molar-refractivity contribution is -0.224. The maximum Gasteiger partial charge on any atom is 0.276 e. The number of Topliss-reactive ketones (excluding diaryl/α,β-unsaturated/α-hetero) is 1. The molecule has 4 heteroatoms. The molecule has 0 saturated heterocycles. The first-order chi connectivity index (χ1) is 11.1. The van der Waals surface area contributed by atoms with E-state index < -0.39 is 17.2 Å². The van der Waals surface area contributed by atoms with Gasteiger partial charge in [-0.3, -0.25) is 4.79 Å². The van der Waals surface area contributed by atoms with Crippen LogP contribution < -0.4 is 4.74 Å². The van der Waals surface area contributed by atoms with Crippen molar-refractivity contribution in [2.75, 3.05) is 0 Å². The first-order valence-corrected chi connectivity index (χ1v) is 7.37. The zero-order valence-corrected chi connectivity index (χ0v) is 12.0. The van der Waals surface area contributed by atoms with Crippen LogP contribution in [0.25, 0.3) is 10.8 Å². The number of rotatable bonds is 0. The Morgan fingerprint density at radius 2 is 1.48 bits per heavy atom. The topological polar surface area (TPSA) is 66.8 Å². The second-order valence-corrected chi connectivity index (χ2v) is 6.03. The summed E-state index contributed by atoms with van der Waals surface area (Å²) in [4.78, 5) is 12.8. The highest BCUT2D eigenvalue weighted by Crippen LogP contribution is 2.58. The van der Waals surface area contributed by atoms with E-state index in [0.29, 0.717) is 16.9 Å². The number of carbonyl (C=O) groups is 1. The van der Waals surface area contributed by atoms with Gasteiger partial charge < -0.3 is 14.9 Å². The van der Waals surface area contributed by atoms with Crippen LogP contribution in [0.1, 0.15) is 21.5 Å². The number of benzene rings is 3. The zero-order valence-electron chi connectivity index (χ0n) is 12.0. The number of aliphatic hydroxyl groups is 2. The van der Waals surface area contributed by atoms with Gasteiger partial charge in [0, 0.05) is 16.7 Å². The Hall–Kier alpha value is -2.69. The highest BCUT2D eigenvalue weighted by Gasteiger charge is 2.70. The van der Waals surface area contributed by atoms with Crippen LogP contribution in [0.15, 0.2) is 60.7 Å². The summed E-state index contributed by atoms with van der Waals surface area (Å²) in [7, 11) is 0. The third-order valence-corrected chi connectivity index (χ3v) is 4.85. The second kappa shape index (κ2) is 3.79. The Morgan fingerprint density at radius 3 is 2.26 bits per heavy atom. The fourth-order valence-electron chi connectivity index (χ4n) is 3.70. The largest absolute Gasteiger partial charge is 0.454 e. The monoisotopic (exact) mass is 304 g/mol. The quantitative estimate of drug-likeness (QED) is 0.669. The third-order valence-electron chi connectivity index (χ3n) is 4.85. The molecule has 3 aromatic carbocycles. The van der Waals surface area contributed by atoms with Crippen molar-refractivity contribution in [3.63, 3.8) is 0 Å². The molecule has 0 saturated carbocycles. The van der Waals surface area contributed by atoms with Crippen molar-refractivity contribution in [2.45, 2.75) is 11.4 Å². The van der Waals surface area contributed by atoms with Gasteiger partial charge in [-0.25, -0.2) is 0 Å². The van der Waals surface area contributed by atoms with E-state index in [4.69, 9.17) is 4.74 Å². The molecule has 0 aromatic heterocycles. The van der Waals surface area contributed by atoms with Gasteiger partial charge in [-0.05, 0) is 22.9 Å². The minimum Gasteiger partial charge on any atom is -0.454 e. The average Bonchev–Trinajstić information content (AvgIpc) is 2.90. The van der Waals surface area contributed by atoms with Crippen molar-refractivity contribution in [3.8, 4) is 5.75 Å². The molecule has 4 nitrogen and oxygen atoms in total. The first kappa shape index (κ1) is 12.8. The maximum absolute atomic E-state index is 12.8. The molecule has 0 fully saturated rings. The van der Waals surface area contributed by atoms with Gasteiger partial charge in [0.2, 0.25) is 11.4 Å². The molecule has 2 N–H and O–H groups in total. The predicted octanol–water partition coefficient (Wildman–Crippen LogP) is 2.46. The Morgan fingerprint density at radius 1 is 0.826 bits per heavy atom. The second-order valence-electron chi connectivity index (χ2n) is 6.03. The Bertz CT molecular complexity index is 1010. The summed E-state index contributed by atoms with van der Waals surface area (Å²) in [5, 5.41) is 24.0. The summed E-state index contributed by atoms with van der Waals surface area (Å²) in [6.07, 6.45) is 0. The molecule has 5 rings (SSSR count). The van der Waals surface area contributed by atoms with Gasteiger partial charge in [-0.2, -0.15) is 0 Å². The molecular weight excluding hydrogens is 292 g/mol. The normalized spacial score (nSPS) is 27.5. The molecule has 0 bridgehead atoms. The van der Waals surface area contributed by atoms with Gasteiger partial charge in [-0.15, -0.1) is 0 Å². The molecule has 0 spiro atoms. The number of carbonyl (C=O) groups excluding carboxylic acids is 1. The van der Waals surface area contributed by atoms with Crippen LogP contribution in [-0.4, -0.2) is 16.0 Å². The van der Waals surface area contributed by atoms with Crippen molar-refractivity contribution in [1.29, 1.82) is 0 Å². The Labute approximate surface area is 131 Å². The van der Waals surface area contributed by atoms with E-state index in [1.807, 2.05) is 24.3 Å². The summed E-state index contributed by atoms with van der Waals surface area (Å²) >= 11 is 0. The lowest BCUT2D eigenvalue weighted by atomic mass is 9.86. The number of hydrogen-bond donors (Lipinski definition) is 2. The van der Waals surface area contributed by atoms with E-state index in [9.17, 15) is 15.0 Å². The maximum atomic E-state index is 12.8. The van der Waals surface area contributed by atoms with Gasteiger partial charge in [0.25, 0.3) is 5.79 Å². The van der Waals surface area contributed by atoms with E-state index in [0.717, 1.165) is 10.8 Å². The predicted molar refractivity (Wildman–Crippen MR) is 83.1 cm³/mol. The molecule has 0 unspecified atom stereocenters. The van der Waals surface area contributed by atoms with Crippen molar-refractivity contribution in [3.05, 3.63) is 77.4 Å². The van der Waals surface area contributed by atoms with Crippen LogP contribution in [0.4, 0.5) is 0 Å². The number of ether oxygens (including phenoxy) is 1. The van der Waals surface area contributed by atoms with Crippen molar-refractivity contribution < 1.29 is 19.7 Å². The fraction of sp³-hybridized carbons (Fsp3) is 0.105. The summed E-state index contributed by atoms with van der Waals surface area (Å²) in [5.41, 5.74) is -1.22. The molecule has 23 heavy (non-hydrogen) atoms. The van der Waals surface area contributed by atoms with E-state index in [2.05, 4.69) is 0 Å². The molecule has 1 heterocycles. The van der Waals surface area contributed by atoms with Gasteiger partial charge in [0.1, 0.15) is 5.75 Å². The minimum atomic E-state index is -2.12. The minimum absolute atomic E-state index is 0.288. The molecule has 2 aliphatic rings. The van der Waals surface area contributed by atoms with Crippen LogP contribution in [0.2, 0.25) is 0 Å². The summed E-state index contributed by atoms with van der Waals surface area (Å²) < 4.78 is 5.71. The molecule has 0 radical (unpaired) electrons. The van der Waals surface area contributed by atoms with Gasteiger partial charge >= 0.3 is 0 Å². The van der Waals surface area contributed by atoms with Crippen LogP contribution in [0, 0.1) is 0 Å². The molecule has 0 amide bonds. The lowest BCUT2D eigenvalue weighted by Crippen LogP contribution is -2.48. The molecule has 1 aliphatic carbocycles. The zero-order chi connectivity index (χ0) is 15.8. The van der Waals surface area contributed by atoms with Crippen LogP contribution in [0.3, 0.4) is 0 Å². The summed E-state index contributed by atoms with van der Waals surface area (Å²) in [6.45, 7) is 0. The van der Waals surface area contributed by atoms with Crippen molar-refractivity contribution in [2.24, 2.45) is 0 Å². The van der Waals surface area contributed by atoms with Crippen molar-refractivity contribution >= 4 is 16.6 Å². The SMILES string of the molecule is O=C1c2ccccc2[C@@]2(O)Oc3cc4ccccc4cc3[C@@]12O. The van der Waals surface area contributed by atoms with E-state index in [1.54, 1.807) is 36.4 Å². The first-order valence-electron chi connectivity index (χ1n) is 7.37. The number of ketones is 1. The molecule has 112 valence electrons.